The molecular weight excluding hydrogens is 258 g/mol. The van der Waals surface area contributed by atoms with Crippen LogP contribution in [-0.4, -0.2) is 5.60 Å². The Bertz CT molecular complexity index is 500. The molecule has 2 nitrogen and oxygen atoms in total. The number of hydrogen-bond acceptors (Lipinski definition) is 2. The number of hydrogen-bond donors (Lipinski definition) is 1. The van der Waals surface area contributed by atoms with Crippen molar-refractivity contribution in [2.45, 2.75) is 57.6 Å². The lowest BCUT2D eigenvalue weighted by atomic mass is 9.66. The lowest BCUT2D eigenvalue weighted by Gasteiger charge is -2.48. The minimum atomic E-state index is -0.0675. The van der Waals surface area contributed by atoms with Gasteiger partial charge in [-0.25, -0.2) is 0 Å². The third-order valence-electron chi connectivity index (χ3n) is 4.58. The van der Waals surface area contributed by atoms with E-state index in [-0.39, 0.29) is 11.6 Å². The SMILES string of the molecule is CC1(C)CCCC2(CC(N)c3cc(Cl)ccc3O2)C1. The van der Waals surface area contributed by atoms with Gasteiger partial charge in [0.1, 0.15) is 11.4 Å². The predicted molar refractivity (Wildman–Crippen MR) is 78.6 cm³/mol. The summed E-state index contributed by atoms with van der Waals surface area (Å²) in [5.74, 6) is 0.931. The van der Waals surface area contributed by atoms with Crippen LogP contribution in [0.15, 0.2) is 18.2 Å². The van der Waals surface area contributed by atoms with Crippen molar-refractivity contribution < 1.29 is 4.74 Å². The highest BCUT2D eigenvalue weighted by Crippen LogP contribution is 2.50. The maximum atomic E-state index is 6.38. The van der Waals surface area contributed by atoms with Crippen molar-refractivity contribution in [3.63, 3.8) is 0 Å². The van der Waals surface area contributed by atoms with E-state index in [4.69, 9.17) is 22.1 Å². The molecule has 1 aliphatic heterocycles. The summed E-state index contributed by atoms with van der Waals surface area (Å²) >= 11 is 6.05. The fraction of sp³-hybridized carbons (Fsp3) is 0.625. The first-order valence-electron chi connectivity index (χ1n) is 7.13. The second-order valence-corrected chi connectivity index (χ2v) is 7.41. The van der Waals surface area contributed by atoms with Crippen molar-refractivity contribution in [3.8, 4) is 5.75 Å². The molecule has 0 aromatic heterocycles. The minimum absolute atomic E-state index is 0.0383. The van der Waals surface area contributed by atoms with Crippen LogP contribution in [0.1, 0.15) is 57.6 Å². The summed E-state index contributed by atoms with van der Waals surface area (Å²) in [4.78, 5) is 0. The second kappa shape index (κ2) is 4.39. The molecule has 2 atom stereocenters. The Balaban J connectivity index is 1.94. The molecule has 1 aromatic rings. The largest absolute Gasteiger partial charge is 0.487 e. The maximum Gasteiger partial charge on any atom is 0.125 e. The first kappa shape index (κ1) is 13.3. The highest BCUT2D eigenvalue weighted by atomic mass is 35.5. The first-order valence-corrected chi connectivity index (χ1v) is 7.51. The van der Waals surface area contributed by atoms with E-state index in [0.717, 1.165) is 35.6 Å². The zero-order chi connectivity index (χ0) is 13.7. The fourth-order valence-electron chi connectivity index (χ4n) is 3.89. The highest BCUT2D eigenvalue weighted by molar-refractivity contribution is 6.30. The van der Waals surface area contributed by atoms with E-state index in [2.05, 4.69) is 13.8 Å². The van der Waals surface area contributed by atoms with E-state index in [1.165, 1.54) is 12.8 Å². The fourth-order valence-corrected chi connectivity index (χ4v) is 4.07. The summed E-state index contributed by atoms with van der Waals surface area (Å²) in [6, 6.07) is 5.85. The van der Waals surface area contributed by atoms with Gasteiger partial charge in [0.05, 0.1) is 0 Å². The van der Waals surface area contributed by atoms with Crippen molar-refractivity contribution in [3.05, 3.63) is 28.8 Å². The van der Waals surface area contributed by atoms with E-state index in [9.17, 15) is 0 Å². The van der Waals surface area contributed by atoms with Crippen LogP contribution in [0.5, 0.6) is 5.75 Å². The van der Waals surface area contributed by atoms with Gasteiger partial charge in [-0.1, -0.05) is 25.4 Å². The zero-order valence-electron chi connectivity index (χ0n) is 11.7. The molecule has 104 valence electrons. The molecular formula is C16H22ClNO. The van der Waals surface area contributed by atoms with Gasteiger partial charge in [-0.15, -0.1) is 0 Å². The predicted octanol–water partition coefficient (Wildman–Crippen LogP) is 4.46. The molecule has 0 radical (unpaired) electrons. The Morgan fingerprint density at radius 1 is 1.32 bits per heavy atom. The van der Waals surface area contributed by atoms with E-state index in [1.807, 2.05) is 18.2 Å². The summed E-state index contributed by atoms with van der Waals surface area (Å²) in [6.07, 6.45) is 5.62. The molecule has 1 aliphatic carbocycles. The van der Waals surface area contributed by atoms with E-state index >= 15 is 0 Å². The van der Waals surface area contributed by atoms with Crippen molar-refractivity contribution in [2.75, 3.05) is 0 Å². The van der Waals surface area contributed by atoms with Crippen molar-refractivity contribution in [2.24, 2.45) is 11.1 Å². The standard InChI is InChI=1S/C16H22ClNO/c1-15(2)6-3-7-16(10-15)9-13(18)12-8-11(17)4-5-14(12)19-16/h4-5,8,13H,3,6-7,9-10,18H2,1-2H3. The van der Waals surface area contributed by atoms with Gasteiger partial charge in [0.2, 0.25) is 0 Å². The topological polar surface area (TPSA) is 35.2 Å². The Morgan fingerprint density at radius 2 is 2.11 bits per heavy atom. The minimum Gasteiger partial charge on any atom is -0.487 e. The van der Waals surface area contributed by atoms with E-state index < -0.39 is 0 Å². The van der Waals surface area contributed by atoms with E-state index in [1.54, 1.807) is 0 Å². The van der Waals surface area contributed by atoms with Crippen LogP contribution in [0.25, 0.3) is 0 Å². The molecule has 1 saturated carbocycles. The summed E-state index contributed by atoms with van der Waals surface area (Å²) in [6.45, 7) is 4.67. The Labute approximate surface area is 120 Å². The number of benzene rings is 1. The molecule has 0 bridgehead atoms. The van der Waals surface area contributed by atoms with Gasteiger partial charge >= 0.3 is 0 Å². The molecule has 0 amide bonds. The molecule has 1 heterocycles. The normalized spacial score (nSPS) is 32.7. The summed E-state index contributed by atoms with van der Waals surface area (Å²) in [5.41, 5.74) is 7.71. The van der Waals surface area contributed by atoms with Crippen LogP contribution in [0.4, 0.5) is 0 Å². The van der Waals surface area contributed by atoms with Gasteiger partial charge < -0.3 is 10.5 Å². The number of ether oxygens (including phenoxy) is 1. The van der Waals surface area contributed by atoms with Crippen LogP contribution >= 0.6 is 11.6 Å². The Kier molecular flexibility index (Phi) is 3.06. The maximum absolute atomic E-state index is 6.38. The van der Waals surface area contributed by atoms with Crippen LogP contribution in [-0.2, 0) is 0 Å². The van der Waals surface area contributed by atoms with Gasteiger partial charge in [0.25, 0.3) is 0 Å². The summed E-state index contributed by atoms with van der Waals surface area (Å²) in [5, 5.41) is 0.734. The molecule has 3 heteroatoms. The van der Waals surface area contributed by atoms with Crippen LogP contribution in [0.3, 0.4) is 0 Å². The van der Waals surface area contributed by atoms with Gasteiger partial charge in [0, 0.05) is 23.0 Å². The Hall–Kier alpha value is -0.730. The van der Waals surface area contributed by atoms with Crippen molar-refractivity contribution in [1.29, 1.82) is 0 Å². The van der Waals surface area contributed by atoms with Crippen LogP contribution < -0.4 is 10.5 Å². The molecule has 0 saturated heterocycles. The van der Waals surface area contributed by atoms with Crippen molar-refractivity contribution in [1.82, 2.24) is 0 Å². The number of rotatable bonds is 0. The van der Waals surface area contributed by atoms with Gasteiger partial charge in [-0.2, -0.15) is 0 Å². The average molecular weight is 280 g/mol. The first-order chi connectivity index (χ1) is 8.89. The third-order valence-corrected chi connectivity index (χ3v) is 4.81. The Morgan fingerprint density at radius 3 is 2.84 bits per heavy atom. The second-order valence-electron chi connectivity index (χ2n) is 6.97. The quantitative estimate of drug-likeness (QED) is 0.761. The number of halogens is 1. The third kappa shape index (κ3) is 2.48. The van der Waals surface area contributed by atoms with Gasteiger partial charge in [-0.05, 0) is 49.3 Å². The lowest BCUT2D eigenvalue weighted by Crippen LogP contribution is -2.48. The van der Waals surface area contributed by atoms with Crippen LogP contribution in [0.2, 0.25) is 5.02 Å². The zero-order valence-corrected chi connectivity index (χ0v) is 12.5. The summed E-state index contributed by atoms with van der Waals surface area (Å²) < 4.78 is 6.38. The van der Waals surface area contributed by atoms with Crippen LogP contribution in [0, 0.1) is 5.41 Å². The molecule has 1 spiro atoms. The molecule has 3 rings (SSSR count). The molecule has 1 fully saturated rings. The average Bonchev–Trinajstić information content (AvgIpc) is 2.29. The van der Waals surface area contributed by atoms with Crippen molar-refractivity contribution >= 4 is 11.6 Å². The number of fused-ring (bicyclic) bond motifs is 1. The van der Waals surface area contributed by atoms with Gasteiger partial charge in [-0.3, -0.25) is 0 Å². The molecule has 19 heavy (non-hydrogen) atoms. The summed E-state index contributed by atoms with van der Waals surface area (Å²) in [7, 11) is 0. The molecule has 1 aromatic carbocycles. The number of nitrogens with two attached hydrogens (primary N) is 1. The highest BCUT2D eigenvalue weighted by Gasteiger charge is 2.45. The lowest BCUT2D eigenvalue weighted by molar-refractivity contribution is -0.0385. The smallest absolute Gasteiger partial charge is 0.125 e. The monoisotopic (exact) mass is 279 g/mol. The van der Waals surface area contributed by atoms with E-state index in [0.29, 0.717) is 5.41 Å². The molecule has 2 aliphatic rings. The molecule has 2 N–H and O–H groups in total. The van der Waals surface area contributed by atoms with Gasteiger partial charge in [0.15, 0.2) is 0 Å². The molecule has 2 unspecified atom stereocenters.